The molecule has 20 heavy (non-hydrogen) atoms. The van der Waals surface area contributed by atoms with Crippen molar-refractivity contribution in [1.82, 2.24) is 5.32 Å². The van der Waals surface area contributed by atoms with E-state index in [2.05, 4.69) is 5.32 Å². The second-order valence-corrected chi connectivity index (χ2v) is 6.82. The molecule has 0 aromatic carbocycles. The first kappa shape index (κ1) is 15.8. The Balaban J connectivity index is 1.89. The largest absolute Gasteiger partial charge is 0.462 e. The summed E-state index contributed by atoms with van der Waals surface area (Å²) in [4.78, 5) is 12.5. The van der Waals surface area contributed by atoms with Crippen LogP contribution in [0, 0.1) is 11.3 Å². The lowest BCUT2D eigenvalue weighted by Gasteiger charge is -2.37. The molecule has 0 aromatic heterocycles. The molecule has 1 saturated heterocycles. The Morgan fingerprint density at radius 1 is 1.15 bits per heavy atom. The molecule has 1 saturated carbocycles. The van der Waals surface area contributed by atoms with Crippen molar-refractivity contribution in [3.05, 3.63) is 0 Å². The summed E-state index contributed by atoms with van der Waals surface area (Å²) in [5, 5.41) is 3.39. The summed E-state index contributed by atoms with van der Waals surface area (Å²) in [7, 11) is 1.74. The molecule has 2 aliphatic rings. The number of esters is 1. The molecule has 2 fully saturated rings. The van der Waals surface area contributed by atoms with Crippen LogP contribution in [0.3, 0.4) is 0 Å². The number of piperidine rings is 1. The predicted molar refractivity (Wildman–Crippen MR) is 78.5 cm³/mol. The lowest BCUT2D eigenvalue weighted by atomic mass is 9.75. The van der Waals surface area contributed by atoms with Gasteiger partial charge in [0.05, 0.1) is 11.5 Å². The van der Waals surface area contributed by atoms with Crippen LogP contribution in [-0.4, -0.2) is 38.4 Å². The maximum atomic E-state index is 12.5. The summed E-state index contributed by atoms with van der Waals surface area (Å²) < 4.78 is 11.2. The van der Waals surface area contributed by atoms with E-state index >= 15 is 0 Å². The zero-order chi connectivity index (χ0) is 14.6. The van der Waals surface area contributed by atoms with Gasteiger partial charge in [-0.15, -0.1) is 0 Å². The fourth-order valence-electron chi connectivity index (χ4n) is 3.36. The first-order valence-corrected chi connectivity index (χ1v) is 7.98. The molecular formula is C16H29NO3. The van der Waals surface area contributed by atoms with Gasteiger partial charge >= 0.3 is 5.97 Å². The van der Waals surface area contributed by atoms with E-state index in [1.807, 2.05) is 13.8 Å². The van der Waals surface area contributed by atoms with E-state index in [0.29, 0.717) is 5.92 Å². The Morgan fingerprint density at radius 2 is 1.90 bits per heavy atom. The van der Waals surface area contributed by atoms with Crippen molar-refractivity contribution < 1.29 is 14.3 Å². The minimum absolute atomic E-state index is 0.0343. The highest BCUT2D eigenvalue weighted by atomic mass is 16.5. The highest BCUT2D eigenvalue weighted by Gasteiger charge is 2.40. The number of methoxy groups -OCH3 is 1. The van der Waals surface area contributed by atoms with E-state index in [4.69, 9.17) is 9.47 Å². The Kier molecular flexibility index (Phi) is 5.44. The van der Waals surface area contributed by atoms with E-state index in [0.717, 1.165) is 51.6 Å². The maximum Gasteiger partial charge on any atom is 0.312 e. The molecule has 0 bridgehead atoms. The number of carbonyl (C=O) groups excluding carboxylic acids is 1. The summed E-state index contributed by atoms with van der Waals surface area (Å²) in [5.41, 5.74) is -0.395. The molecular weight excluding hydrogens is 254 g/mol. The standard InChI is InChI=1S/C16H29NO3/c1-16(2,12-6-5-9-17-11-12)15(18)20-14-8-4-7-13(10-14)19-3/h12-14,17H,4-11H2,1-3H3. The molecule has 1 aliphatic carbocycles. The number of ether oxygens (including phenoxy) is 2. The average Bonchev–Trinajstić information content (AvgIpc) is 2.48. The molecule has 4 nitrogen and oxygen atoms in total. The second-order valence-electron chi connectivity index (χ2n) is 6.82. The van der Waals surface area contributed by atoms with Gasteiger partial charge in [-0.1, -0.05) is 0 Å². The minimum Gasteiger partial charge on any atom is -0.462 e. The number of nitrogens with one attached hydrogen (secondary N) is 1. The van der Waals surface area contributed by atoms with Crippen molar-refractivity contribution in [1.29, 1.82) is 0 Å². The third-order valence-corrected chi connectivity index (χ3v) is 5.03. The fraction of sp³-hybridized carbons (Fsp3) is 0.938. The minimum atomic E-state index is -0.395. The predicted octanol–water partition coefficient (Wildman–Crippen LogP) is 2.51. The third kappa shape index (κ3) is 3.73. The van der Waals surface area contributed by atoms with Gasteiger partial charge in [0.25, 0.3) is 0 Å². The Morgan fingerprint density at radius 3 is 2.55 bits per heavy atom. The lowest BCUT2D eigenvalue weighted by Crippen LogP contribution is -2.44. The Labute approximate surface area is 122 Å². The van der Waals surface area contributed by atoms with E-state index in [1.54, 1.807) is 7.11 Å². The smallest absolute Gasteiger partial charge is 0.312 e. The van der Waals surface area contributed by atoms with Gasteiger partial charge in [-0.2, -0.15) is 0 Å². The van der Waals surface area contributed by atoms with Crippen LogP contribution in [0.1, 0.15) is 52.4 Å². The third-order valence-electron chi connectivity index (χ3n) is 5.03. The van der Waals surface area contributed by atoms with Gasteiger partial charge < -0.3 is 14.8 Å². The normalized spacial score (nSPS) is 31.9. The van der Waals surface area contributed by atoms with Crippen molar-refractivity contribution in [3.63, 3.8) is 0 Å². The zero-order valence-electron chi connectivity index (χ0n) is 13.1. The Hall–Kier alpha value is -0.610. The molecule has 116 valence electrons. The summed E-state index contributed by atoms with van der Waals surface area (Å²) >= 11 is 0. The topological polar surface area (TPSA) is 47.6 Å². The highest BCUT2D eigenvalue weighted by molar-refractivity contribution is 5.76. The van der Waals surface area contributed by atoms with Crippen LogP contribution in [0.4, 0.5) is 0 Å². The van der Waals surface area contributed by atoms with Crippen molar-refractivity contribution >= 4 is 5.97 Å². The van der Waals surface area contributed by atoms with E-state index in [-0.39, 0.29) is 18.2 Å². The molecule has 0 spiro atoms. The van der Waals surface area contributed by atoms with Crippen molar-refractivity contribution in [2.45, 2.75) is 64.6 Å². The molecule has 2 rings (SSSR count). The number of hydrogen-bond donors (Lipinski definition) is 1. The van der Waals surface area contributed by atoms with Crippen LogP contribution in [0.5, 0.6) is 0 Å². The molecule has 3 atom stereocenters. The van der Waals surface area contributed by atoms with E-state index in [1.165, 1.54) is 0 Å². The average molecular weight is 283 g/mol. The van der Waals surface area contributed by atoms with Gasteiger partial charge in [0.15, 0.2) is 0 Å². The number of carbonyl (C=O) groups is 1. The van der Waals surface area contributed by atoms with Crippen molar-refractivity contribution in [3.8, 4) is 0 Å². The molecule has 0 amide bonds. The lowest BCUT2D eigenvalue weighted by molar-refractivity contribution is -0.166. The van der Waals surface area contributed by atoms with Crippen LogP contribution in [-0.2, 0) is 14.3 Å². The van der Waals surface area contributed by atoms with E-state index < -0.39 is 5.41 Å². The SMILES string of the molecule is COC1CCCC(OC(=O)C(C)(C)C2CCCNC2)C1. The summed E-state index contributed by atoms with van der Waals surface area (Å²) in [6, 6.07) is 0. The molecule has 3 unspecified atom stereocenters. The first-order chi connectivity index (χ1) is 9.54. The summed E-state index contributed by atoms with van der Waals surface area (Å²) in [6.07, 6.45) is 6.55. The molecule has 0 radical (unpaired) electrons. The van der Waals surface area contributed by atoms with Gasteiger partial charge in [-0.3, -0.25) is 4.79 Å². The first-order valence-electron chi connectivity index (χ1n) is 7.98. The van der Waals surface area contributed by atoms with Crippen molar-refractivity contribution in [2.75, 3.05) is 20.2 Å². The van der Waals surface area contributed by atoms with Gasteiger partial charge in [-0.25, -0.2) is 0 Å². The number of hydrogen-bond acceptors (Lipinski definition) is 4. The number of rotatable bonds is 4. The van der Waals surface area contributed by atoms with Crippen LogP contribution >= 0.6 is 0 Å². The van der Waals surface area contributed by atoms with Crippen LogP contribution in [0.15, 0.2) is 0 Å². The Bertz CT molecular complexity index is 324. The van der Waals surface area contributed by atoms with Crippen LogP contribution in [0.2, 0.25) is 0 Å². The van der Waals surface area contributed by atoms with Crippen LogP contribution < -0.4 is 5.32 Å². The van der Waals surface area contributed by atoms with Gasteiger partial charge in [0.1, 0.15) is 6.10 Å². The van der Waals surface area contributed by atoms with Crippen molar-refractivity contribution in [2.24, 2.45) is 11.3 Å². The fourth-order valence-corrected chi connectivity index (χ4v) is 3.36. The highest BCUT2D eigenvalue weighted by Crippen LogP contribution is 2.34. The van der Waals surface area contributed by atoms with Crippen LogP contribution in [0.25, 0.3) is 0 Å². The van der Waals surface area contributed by atoms with Gasteiger partial charge in [0, 0.05) is 13.5 Å². The second kappa shape index (κ2) is 6.90. The zero-order valence-corrected chi connectivity index (χ0v) is 13.1. The quantitative estimate of drug-likeness (QED) is 0.805. The molecule has 1 heterocycles. The molecule has 0 aromatic rings. The molecule has 1 aliphatic heterocycles. The summed E-state index contributed by atoms with van der Waals surface area (Å²) in [6.45, 7) is 6.06. The van der Waals surface area contributed by atoms with Gasteiger partial charge in [-0.05, 0) is 65.0 Å². The summed E-state index contributed by atoms with van der Waals surface area (Å²) in [5.74, 6) is 0.346. The molecule has 1 N–H and O–H groups in total. The van der Waals surface area contributed by atoms with Gasteiger partial charge in [0.2, 0.25) is 0 Å². The molecule has 4 heteroatoms. The maximum absolute atomic E-state index is 12.5. The van der Waals surface area contributed by atoms with E-state index in [9.17, 15) is 4.79 Å². The monoisotopic (exact) mass is 283 g/mol.